The first-order chi connectivity index (χ1) is 10.2. The van der Waals surface area contributed by atoms with Crippen LogP contribution < -0.4 is 20.3 Å². The lowest BCUT2D eigenvalue weighted by molar-refractivity contribution is 0.0932. The Labute approximate surface area is 123 Å². The van der Waals surface area contributed by atoms with Gasteiger partial charge in [0.15, 0.2) is 11.5 Å². The summed E-state index contributed by atoms with van der Waals surface area (Å²) in [6.45, 7) is 0.485. The number of amides is 1. The van der Waals surface area contributed by atoms with Crippen LogP contribution in [0, 0.1) is 0 Å². The predicted molar refractivity (Wildman–Crippen MR) is 80.3 cm³/mol. The van der Waals surface area contributed by atoms with Crippen LogP contribution in [0.3, 0.4) is 0 Å². The molecule has 2 aromatic rings. The molecule has 2 aromatic carbocycles. The molecule has 110 valence electrons. The van der Waals surface area contributed by atoms with E-state index < -0.39 is 0 Å². The highest BCUT2D eigenvalue weighted by atomic mass is 16.5. The Hall–Kier alpha value is -2.53. The summed E-state index contributed by atoms with van der Waals surface area (Å²) < 4.78 is 10.4. The molecule has 5 nitrogen and oxygen atoms in total. The average Bonchev–Trinajstić information content (AvgIpc) is 2.55. The minimum atomic E-state index is -0.170. The SMILES string of the molecule is COc1ccc(CNNC(=O)c2ccccc2)cc1OC. The summed E-state index contributed by atoms with van der Waals surface area (Å²) in [6.07, 6.45) is 0. The van der Waals surface area contributed by atoms with E-state index in [1.807, 2.05) is 36.4 Å². The zero-order chi connectivity index (χ0) is 15.1. The third-order valence-electron chi connectivity index (χ3n) is 2.98. The van der Waals surface area contributed by atoms with Gasteiger partial charge in [-0.15, -0.1) is 0 Å². The molecule has 5 heteroatoms. The van der Waals surface area contributed by atoms with Crippen molar-refractivity contribution >= 4 is 5.91 Å². The van der Waals surface area contributed by atoms with Crippen molar-refractivity contribution in [1.82, 2.24) is 10.9 Å². The summed E-state index contributed by atoms with van der Waals surface area (Å²) in [4.78, 5) is 11.8. The number of nitrogens with one attached hydrogen (secondary N) is 2. The maximum Gasteiger partial charge on any atom is 0.265 e. The molecule has 2 N–H and O–H groups in total. The molecule has 0 bridgehead atoms. The van der Waals surface area contributed by atoms with Gasteiger partial charge in [-0.2, -0.15) is 0 Å². The molecule has 1 amide bonds. The highest BCUT2D eigenvalue weighted by molar-refractivity contribution is 5.93. The third-order valence-corrected chi connectivity index (χ3v) is 2.98. The molecule has 0 aliphatic rings. The minimum Gasteiger partial charge on any atom is -0.493 e. The van der Waals surface area contributed by atoms with Crippen LogP contribution >= 0.6 is 0 Å². The van der Waals surface area contributed by atoms with Gasteiger partial charge < -0.3 is 9.47 Å². The van der Waals surface area contributed by atoms with Crippen LogP contribution in [0.15, 0.2) is 48.5 Å². The normalized spacial score (nSPS) is 10.0. The van der Waals surface area contributed by atoms with E-state index in [4.69, 9.17) is 9.47 Å². The summed E-state index contributed by atoms with van der Waals surface area (Å²) in [6, 6.07) is 14.6. The summed E-state index contributed by atoms with van der Waals surface area (Å²) in [5.41, 5.74) is 7.13. The van der Waals surface area contributed by atoms with Gasteiger partial charge in [0, 0.05) is 12.1 Å². The van der Waals surface area contributed by atoms with Crippen molar-refractivity contribution < 1.29 is 14.3 Å². The van der Waals surface area contributed by atoms with Crippen molar-refractivity contribution in [3.8, 4) is 11.5 Å². The van der Waals surface area contributed by atoms with E-state index in [1.54, 1.807) is 26.4 Å². The minimum absolute atomic E-state index is 0.170. The number of benzene rings is 2. The van der Waals surface area contributed by atoms with Crippen LogP contribution in [0.1, 0.15) is 15.9 Å². The van der Waals surface area contributed by atoms with Gasteiger partial charge in [0.2, 0.25) is 0 Å². The fourth-order valence-electron chi connectivity index (χ4n) is 1.88. The van der Waals surface area contributed by atoms with Gasteiger partial charge in [0.1, 0.15) is 0 Å². The molecule has 0 saturated heterocycles. The fourth-order valence-corrected chi connectivity index (χ4v) is 1.88. The molecule has 0 spiro atoms. The molecule has 0 aliphatic heterocycles. The van der Waals surface area contributed by atoms with E-state index in [0.717, 1.165) is 5.56 Å². The Morgan fingerprint density at radius 3 is 2.38 bits per heavy atom. The van der Waals surface area contributed by atoms with Crippen molar-refractivity contribution in [1.29, 1.82) is 0 Å². The zero-order valence-corrected chi connectivity index (χ0v) is 12.1. The number of carbonyl (C=O) groups is 1. The van der Waals surface area contributed by atoms with Gasteiger partial charge in [-0.3, -0.25) is 10.2 Å². The molecule has 0 aromatic heterocycles. The number of hydrogen-bond donors (Lipinski definition) is 2. The number of methoxy groups -OCH3 is 2. The second-order valence-corrected chi connectivity index (χ2v) is 4.36. The summed E-state index contributed by atoms with van der Waals surface area (Å²) in [5.74, 6) is 1.16. The van der Waals surface area contributed by atoms with Crippen molar-refractivity contribution in [3.05, 3.63) is 59.7 Å². The largest absolute Gasteiger partial charge is 0.493 e. The second-order valence-electron chi connectivity index (χ2n) is 4.36. The molecule has 0 atom stereocenters. The van der Waals surface area contributed by atoms with E-state index in [1.165, 1.54) is 0 Å². The van der Waals surface area contributed by atoms with Crippen LogP contribution in [0.4, 0.5) is 0 Å². The first kappa shape index (κ1) is 14.9. The van der Waals surface area contributed by atoms with Crippen molar-refractivity contribution in [2.75, 3.05) is 14.2 Å². The maximum atomic E-state index is 11.8. The molecule has 21 heavy (non-hydrogen) atoms. The topological polar surface area (TPSA) is 59.6 Å². The number of carbonyl (C=O) groups excluding carboxylic acids is 1. The highest BCUT2D eigenvalue weighted by Gasteiger charge is 2.06. The van der Waals surface area contributed by atoms with Gasteiger partial charge in [-0.25, -0.2) is 5.43 Å². The highest BCUT2D eigenvalue weighted by Crippen LogP contribution is 2.27. The average molecular weight is 286 g/mol. The standard InChI is InChI=1S/C16H18N2O3/c1-20-14-9-8-12(10-15(14)21-2)11-17-18-16(19)13-6-4-3-5-7-13/h3-10,17H,11H2,1-2H3,(H,18,19). The molecule has 0 saturated carbocycles. The van der Waals surface area contributed by atoms with Gasteiger partial charge >= 0.3 is 0 Å². The molecule has 0 radical (unpaired) electrons. The van der Waals surface area contributed by atoms with Crippen LogP contribution in [-0.4, -0.2) is 20.1 Å². The zero-order valence-electron chi connectivity index (χ0n) is 12.1. The van der Waals surface area contributed by atoms with Crippen molar-refractivity contribution in [2.24, 2.45) is 0 Å². The summed E-state index contributed by atoms with van der Waals surface area (Å²) >= 11 is 0. The van der Waals surface area contributed by atoms with Crippen LogP contribution in [0.5, 0.6) is 11.5 Å². The molecular formula is C16H18N2O3. The number of hydrazine groups is 1. The predicted octanol–water partition coefficient (Wildman–Crippen LogP) is 2.14. The van der Waals surface area contributed by atoms with E-state index in [-0.39, 0.29) is 5.91 Å². The van der Waals surface area contributed by atoms with Crippen LogP contribution in [0.25, 0.3) is 0 Å². The number of hydrogen-bond acceptors (Lipinski definition) is 4. The van der Waals surface area contributed by atoms with Gasteiger partial charge in [-0.05, 0) is 29.8 Å². The summed E-state index contributed by atoms with van der Waals surface area (Å²) in [7, 11) is 3.18. The van der Waals surface area contributed by atoms with Crippen LogP contribution in [0.2, 0.25) is 0 Å². The monoisotopic (exact) mass is 286 g/mol. The number of rotatable bonds is 6. The Balaban J connectivity index is 1.90. The van der Waals surface area contributed by atoms with Crippen LogP contribution in [-0.2, 0) is 6.54 Å². The number of ether oxygens (including phenoxy) is 2. The lowest BCUT2D eigenvalue weighted by Crippen LogP contribution is -2.36. The lowest BCUT2D eigenvalue weighted by Gasteiger charge is -2.11. The first-order valence-corrected chi connectivity index (χ1v) is 6.53. The smallest absolute Gasteiger partial charge is 0.265 e. The van der Waals surface area contributed by atoms with E-state index >= 15 is 0 Å². The second kappa shape index (κ2) is 7.31. The quantitative estimate of drug-likeness (QED) is 0.799. The molecule has 0 aliphatic carbocycles. The first-order valence-electron chi connectivity index (χ1n) is 6.53. The molecule has 0 unspecified atom stereocenters. The van der Waals surface area contributed by atoms with Crippen molar-refractivity contribution in [2.45, 2.75) is 6.54 Å². The van der Waals surface area contributed by atoms with Crippen molar-refractivity contribution in [3.63, 3.8) is 0 Å². The van der Waals surface area contributed by atoms with Gasteiger partial charge in [0.05, 0.1) is 14.2 Å². The fraction of sp³-hybridized carbons (Fsp3) is 0.188. The molecule has 0 heterocycles. The molecule has 0 fully saturated rings. The van der Waals surface area contributed by atoms with E-state index in [9.17, 15) is 4.79 Å². The summed E-state index contributed by atoms with van der Waals surface area (Å²) in [5, 5.41) is 0. The maximum absolute atomic E-state index is 11.8. The Bertz CT molecular complexity index is 600. The molecule has 2 rings (SSSR count). The van der Waals surface area contributed by atoms with E-state index in [0.29, 0.717) is 23.6 Å². The van der Waals surface area contributed by atoms with E-state index in [2.05, 4.69) is 10.9 Å². The third kappa shape index (κ3) is 3.97. The Morgan fingerprint density at radius 1 is 1.00 bits per heavy atom. The molecular weight excluding hydrogens is 268 g/mol. The van der Waals surface area contributed by atoms with Gasteiger partial charge in [-0.1, -0.05) is 24.3 Å². The lowest BCUT2D eigenvalue weighted by atomic mass is 10.2. The van der Waals surface area contributed by atoms with Gasteiger partial charge in [0.25, 0.3) is 5.91 Å². The Morgan fingerprint density at radius 2 is 1.71 bits per heavy atom. The Kier molecular flexibility index (Phi) is 5.17.